The van der Waals surface area contributed by atoms with Crippen molar-refractivity contribution in [2.45, 2.75) is 31.8 Å². The van der Waals surface area contributed by atoms with Crippen LogP contribution in [0.2, 0.25) is 0 Å². The van der Waals surface area contributed by atoms with Gasteiger partial charge >= 0.3 is 0 Å². The zero-order valence-electron chi connectivity index (χ0n) is 6.49. The molecule has 1 unspecified atom stereocenters. The average molecular weight is 159 g/mol. The minimum absolute atomic E-state index is 0.0463. The molecule has 0 saturated carbocycles. The van der Waals surface area contributed by atoms with Crippen LogP contribution in [0.4, 0.5) is 0 Å². The Kier molecular flexibility index (Phi) is 3.29. The summed E-state index contributed by atoms with van der Waals surface area (Å²) in [6, 6.07) is 0. The maximum atomic E-state index is 9.99. The molecule has 0 aromatic carbocycles. The molecule has 0 N–H and O–H groups in total. The molecule has 64 valence electrons. The number of nitrogens with zero attached hydrogens (tertiary/aromatic N) is 1. The largest absolute Gasteiger partial charge is 0.378 e. The van der Waals surface area contributed by atoms with Crippen LogP contribution in [-0.2, 0) is 4.74 Å². The maximum Gasteiger partial charge on any atom is 0.206 e. The Balaban J connectivity index is 2.09. The Morgan fingerprint density at radius 2 is 2.36 bits per heavy atom. The van der Waals surface area contributed by atoms with E-state index in [2.05, 4.69) is 0 Å². The quantitative estimate of drug-likeness (QED) is 0.459. The number of hydrogen-bond acceptors (Lipinski definition) is 3. The third-order valence-electron chi connectivity index (χ3n) is 1.91. The van der Waals surface area contributed by atoms with Crippen LogP contribution in [-0.4, -0.2) is 24.2 Å². The van der Waals surface area contributed by atoms with Crippen LogP contribution in [0, 0.1) is 10.1 Å². The summed E-state index contributed by atoms with van der Waals surface area (Å²) in [6.45, 7) is 0.826. The Bertz CT molecular complexity index is 132. The van der Waals surface area contributed by atoms with E-state index in [0.717, 1.165) is 25.9 Å². The molecule has 0 radical (unpaired) electrons. The van der Waals surface area contributed by atoms with E-state index in [1.165, 1.54) is 0 Å². The van der Waals surface area contributed by atoms with E-state index in [4.69, 9.17) is 4.74 Å². The minimum atomic E-state index is -0.280. The van der Waals surface area contributed by atoms with Gasteiger partial charge in [0.05, 0.1) is 6.10 Å². The molecule has 0 amide bonds. The predicted molar refractivity (Wildman–Crippen MR) is 40.1 cm³/mol. The highest BCUT2D eigenvalue weighted by Gasteiger charge is 2.15. The number of hydrogen-bond donors (Lipinski definition) is 0. The van der Waals surface area contributed by atoms with Crippen molar-refractivity contribution >= 4 is 0 Å². The Hall–Kier alpha value is -0.640. The molecule has 1 heterocycles. The molecule has 1 rings (SSSR count). The molecule has 4 nitrogen and oxygen atoms in total. The number of nitro groups is 1. The standard InChI is InChI=1S/C7H13NO3/c9-8(10)5-4-7-3-1-2-6-11-7/h7H,1-6H2. The highest BCUT2D eigenvalue weighted by Crippen LogP contribution is 2.14. The van der Waals surface area contributed by atoms with Gasteiger partial charge in [-0.3, -0.25) is 10.1 Å². The first kappa shape index (κ1) is 8.46. The van der Waals surface area contributed by atoms with Crippen LogP contribution in [0.15, 0.2) is 0 Å². The zero-order valence-corrected chi connectivity index (χ0v) is 6.49. The lowest BCUT2D eigenvalue weighted by Gasteiger charge is -2.20. The molecule has 0 aromatic rings. The normalized spacial score (nSPS) is 24.9. The van der Waals surface area contributed by atoms with Gasteiger partial charge in [0.1, 0.15) is 0 Å². The van der Waals surface area contributed by atoms with Crippen LogP contribution >= 0.6 is 0 Å². The van der Waals surface area contributed by atoms with Crippen molar-refractivity contribution in [3.05, 3.63) is 10.1 Å². The summed E-state index contributed by atoms with van der Waals surface area (Å²) in [5, 5.41) is 9.99. The van der Waals surface area contributed by atoms with Crippen LogP contribution in [0.25, 0.3) is 0 Å². The van der Waals surface area contributed by atoms with E-state index in [0.29, 0.717) is 6.42 Å². The number of ether oxygens (including phenoxy) is 1. The van der Waals surface area contributed by atoms with Gasteiger partial charge in [-0.25, -0.2) is 0 Å². The first-order valence-electron chi connectivity index (χ1n) is 4.02. The van der Waals surface area contributed by atoms with Gasteiger partial charge in [0, 0.05) is 18.0 Å². The van der Waals surface area contributed by atoms with E-state index < -0.39 is 0 Å². The second-order valence-electron chi connectivity index (χ2n) is 2.83. The van der Waals surface area contributed by atoms with Crippen molar-refractivity contribution in [3.8, 4) is 0 Å². The summed E-state index contributed by atoms with van der Waals surface area (Å²) in [6.07, 6.45) is 3.98. The fraction of sp³-hybridized carbons (Fsp3) is 1.00. The average Bonchev–Trinajstić information content (AvgIpc) is 2.03. The Morgan fingerprint density at radius 3 is 2.91 bits per heavy atom. The Labute approximate surface area is 65.7 Å². The minimum Gasteiger partial charge on any atom is -0.378 e. The SMILES string of the molecule is O=[N+]([O-])CCC1CCCCO1. The van der Waals surface area contributed by atoms with Crippen LogP contribution < -0.4 is 0 Å². The molecule has 1 aliphatic rings. The lowest BCUT2D eigenvalue weighted by atomic mass is 10.1. The van der Waals surface area contributed by atoms with Gasteiger partial charge < -0.3 is 4.74 Å². The second-order valence-corrected chi connectivity index (χ2v) is 2.83. The monoisotopic (exact) mass is 159 g/mol. The summed E-state index contributed by atoms with van der Waals surface area (Å²) >= 11 is 0. The molecule has 0 aromatic heterocycles. The fourth-order valence-corrected chi connectivity index (χ4v) is 1.28. The third kappa shape index (κ3) is 3.32. The van der Waals surface area contributed by atoms with Gasteiger partial charge in [0.2, 0.25) is 6.54 Å². The van der Waals surface area contributed by atoms with Gasteiger partial charge in [0.15, 0.2) is 0 Å². The molecule has 1 aliphatic heterocycles. The van der Waals surface area contributed by atoms with E-state index in [-0.39, 0.29) is 17.6 Å². The lowest BCUT2D eigenvalue weighted by Crippen LogP contribution is -2.21. The maximum absolute atomic E-state index is 9.99. The lowest BCUT2D eigenvalue weighted by molar-refractivity contribution is -0.482. The number of rotatable bonds is 3. The molecule has 0 aliphatic carbocycles. The third-order valence-corrected chi connectivity index (χ3v) is 1.91. The van der Waals surface area contributed by atoms with Crippen molar-refractivity contribution in [2.75, 3.05) is 13.2 Å². The molecule has 4 heteroatoms. The van der Waals surface area contributed by atoms with Crippen LogP contribution in [0.3, 0.4) is 0 Å². The second kappa shape index (κ2) is 4.28. The van der Waals surface area contributed by atoms with Gasteiger partial charge in [-0.1, -0.05) is 0 Å². The summed E-state index contributed by atoms with van der Waals surface area (Å²) in [4.78, 5) is 9.71. The molecule has 0 spiro atoms. The molecule has 11 heavy (non-hydrogen) atoms. The highest BCUT2D eigenvalue weighted by atomic mass is 16.6. The smallest absolute Gasteiger partial charge is 0.206 e. The van der Waals surface area contributed by atoms with Crippen molar-refractivity contribution in [1.82, 2.24) is 0 Å². The highest BCUT2D eigenvalue weighted by molar-refractivity contribution is 4.62. The van der Waals surface area contributed by atoms with Gasteiger partial charge in [-0.05, 0) is 19.3 Å². The first-order valence-corrected chi connectivity index (χ1v) is 4.02. The van der Waals surface area contributed by atoms with Crippen molar-refractivity contribution in [3.63, 3.8) is 0 Å². The van der Waals surface area contributed by atoms with E-state index in [1.807, 2.05) is 0 Å². The molecule has 0 bridgehead atoms. The zero-order chi connectivity index (χ0) is 8.10. The summed E-state index contributed by atoms with van der Waals surface area (Å²) < 4.78 is 5.32. The summed E-state index contributed by atoms with van der Waals surface area (Å²) in [5.41, 5.74) is 0. The van der Waals surface area contributed by atoms with E-state index in [9.17, 15) is 10.1 Å². The summed E-state index contributed by atoms with van der Waals surface area (Å²) in [5.74, 6) is 0. The van der Waals surface area contributed by atoms with Crippen LogP contribution in [0.1, 0.15) is 25.7 Å². The predicted octanol–water partition coefficient (Wildman–Crippen LogP) is 1.22. The summed E-state index contributed by atoms with van der Waals surface area (Å²) in [7, 11) is 0. The molecule has 1 atom stereocenters. The molecule has 1 saturated heterocycles. The van der Waals surface area contributed by atoms with E-state index in [1.54, 1.807) is 0 Å². The van der Waals surface area contributed by atoms with Gasteiger partial charge in [-0.2, -0.15) is 0 Å². The van der Waals surface area contributed by atoms with Crippen molar-refractivity contribution in [1.29, 1.82) is 0 Å². The first-order chi connectivity index (χ1) is 5.29. The molecular weight excluding hydrogens is 146 g/mol. The van der Waals surface area contributed by atoms with Gasteiger partial charge in [0.25, 0.3) is 0 Å². The van der Waals surface area contributed by atoms with Gasteiger partial charge in [-0.15, -0.1) is 0 Å². The Morgan fingerprint density at radius 1 is 1.55 bits per heavy atom. The fourth-order valence-electron chi connectivity index (χ4n) is 1.28. The van der Waals surface area contributed by atoms with Crippen LogP contribution in [0.5, 0.6) is 0 Å². The van der Waals surface area contributed by atoms with E-state index >= 15 is 0 Å². The van der Waals surface area contributed by atoms with Crippen molar-refractivity contribution in [2.24, 2.45) is 0 Å². The molecule has 1 fully saturated rings. The van der Waals surface area contributed by atoms with Crippen molar-refractivity contribution < 1.29 is 9.66 Å². The molecular formula is C7H13NO3. The topological polar surface area (TPSA) is 52.4 Å².